The number of thioether (sulfide) groups is 1. The van der Waals surface area contributed by atoms with E-state index in [2.05, 4.69) is 29.3 Å². The average molecular weight is 512 g/mol. The zero-order valence-electron chi connectivity index (χ0n) is 19.4. The SMILES string of the molecule is CCc1ccc(C2c3c(oc4ccccc4c3=O)C(=O)N2c2nnc(SCc3ccccc3)s2)cc1. The second-order valence-electron chi connectivity index (χ2n) is 8.47. The number of carbonyl (C=O) groups is 1. The minimum absolute atomic E-state index is 0.0666. The maximum Gasteiger partial charge on any atom is 0.297 e. The Morgan fingerprint density at radius 3 is 2.44 bits per heavy atom. The second kappa shape index (κ2) is 9.37. The lowest BCUT2D eigenvalue weighted by Gasteiger charge is -2.22. The van der Waals surface area contributed by atoms with Crippen LogP contribution >= 0.6 is 23.1 Å². The van der Waals surface area contributed by atoms with Gasteiger partial charge in [0.2, 0.25) is 10.9 Å². The number of aromatic nitrogens is 2. The molecule has 3 heterocycles. The van der Waals surface area contributed by atoms with Gasteiger partial charge in [-0.3, -0.25) is 14.5 Å². The van der Waals surface area contributed by atoms with E-state index in [4.69, 9.17) is 4.42 Å². The first-order chi connectivity index (χ1) is 17.6. The molecule has 0 N–H and O–H groups in total. The molecule has 5 aromatic rings. The molecule has 1 aliphatic heterocycles. The minimum atomic E-state index is -0.640. The summed E-state index contributed by atoms with van der Waals surface area (Å²) in [4.78, 5) is 28.9. The molecule has 3 aromatic carbocycles. The summed E-state index contributed by atoms with van der Waals surface area (Å²) in [5.41, 5.74) is 3.73. The molecule has 6 nitrogen and oxygen atoms in total. The summed E-state index contributed by atoms with van der Waals surface area (Å²) in [6, 6.07) is 24.5. The van der Waals surface area contributed by atoms with Crippen molar-refractivity contribution in [3.8, 4) is 0 Å². The summed E-state index contributed by atoms with van der Waals surface area (Å²) in [7, 11) is 0. The number of aryl methyl sites for hydroxylation is 1. The Morgan fingerprint density at radius 2 is 1.67 bits per heavy atom. The number of carbonyl (C=O) groups excluding carboxylic acids is 1. The maximum absolute atomic E-state index is 13.7. The van der Waals surface area contributed by atoms with Crippen molar-refractivity contribution >= 4 is 45.1 Å². The molecular formula is C28H21N3O3S2. The normalized spacial score (nSPS) is 15.0. The van der Waals surface area contributed by atoms with E-state index in [1.807, 2.05) is 42.5 Å². The lowest BCUT2D eigenvalue weighted by Crippen LogP contribution is -2.29. The summed E-state index contributed by atoms with van der Waals surface area (Å²) in [5, 5.41) is 9.59. The molecule has 1 aliphatic rings. The summed E-state index contributed by atoms with van der Waals surface area (Å²) >= 11 is 2.91. The zero-order valence-corrected chi connectivity index (χ0v) is 21.0. The molecule has 1 atom stereocenters. The second-order valence-corrected chi connectivity index (χ2v) is 10.6. The molecule has 2 aromatic heterocycles. The maximum atomic E-state index is 13.7. The van der Waals surface area contributed by atoms with Crippen molar-refractivity contribution in [2.24, 2.45) is 0 Å². The Morgan fingerprint density at radius 1 is 0.917 bits per heavy atom. The van der Waals surface area contributed by atoms with Gasteiger partial charge in [0.1, 0.15) is 5.58 Å². The number of rotatable bonds is 6. The Bertz CT molecular complexity index is 1630. The van der Waals surface area contributed by atoms with Crippen LogP contribution in [0.2, 0.25) is 0 Å². The molecule has 1 unspecified atom stereocenters. The Hall–Kier alpha value is -3.75. The summed E-state index contributed by atoms with van der Waals surface area (Å²) in [6.45, 7) is 2.09. The van der Waals surface area contributed by atoms with Gasteiger partial charge in [0.05, 0.1) is 17.0 Å². The van der Waals surface area contributed by atoms with Crippen LogP contribution in [-0.2, 0) is 12.2 Å². The minimum Gasteiger partial charge on any atom is -0.450 e. The fourth-order valence-corrected chi connectivity index (χ4v) is 6.27. The van der Waals surface area contributed by atoms with Gasteiger partial charge >= 0.3 is 0 Å². The summed E-state index contributed by atoms with van der Waals surface area (Å²) < 4.78 is 6.77. The highest BCUT2D eigenvalue weighted by molar-refractivity contribution is 8.00. The van der Waals surface area contributed by atoms with Crippen molar-refractivity contribution in [2.45, 2.75) is 29.5 Å². The highest BCUT2D eigenvalue weighted by Gasteiger charge is 2.45. The molecule has 8 heteroatoms. The third-order valence-electron chi connectivity index (χ3n) is 6.29. The fraction of sp³-hybridized carbons (Fsp3) is 0.143. The molecule has 0 saturated heterocycles. The van der Waals surface area contributed by atoms with Crippen molar-refractivity contribution in [3.05, 3.63) is 117 Å². The van der Waals surface area contributed by atoms with Crippen LogP contribution in [0, 0.1) is 0 Å². The molecule has 0 radical (unpaired) electrons. The van der Waals surface area contributed by atoms with E-state index in [9.17, 15) is 9.59 Å². The van der Waals surface area contributed by atoms with E-state index in [0.29, 0.717) is 21.7 Å². The topological polar surface area (TPSA) is 76.3 Å². The number of hydrogen-bond donors (Lipinski definition) is 0. The largest absolute Gasteiger partial charge is 0.450 e. The van der Waals surface area contributed by atoms with E-state index < -0.39 is 6.04 Å². The molecular weight excluding hydrogens is 490 g/mol. The Balaban J connectivity index is 1.44. The number of nitrogens with zero attached hydrogens (tertiary/aromatic N) is 3. The van der Waals surface area contributed by atoms with Gasteiger partial charge in [-0.2, -0.15) is 0 Å². The van der Waals surface area contributed by atoms with E-state index in [1.54, 1.807) is 40.9 Å². The van der Waals surface area contributed by atoms with Crippen LogP contribution in [0.25, 0.3) is 11.0 Å². The van der Waals surface area contributed by atoms with Gasteiger partial charge in [0.15, 0.2) is 9.77 Å². The molecule has 6 rings (SSSR count). The molecule has 0 saturated carbocycles. The zero-order chi connectivity index (χ0) is 24.6. The van der Waals surface area contributed by atoms with Crippen molar-refractivity contribution in [1.82, 2.24) is 10.2 Å². The van der Waals surface area contributed by atoms with Crippen LogP contribution in [0.4, 0.5) is 5.13 Å². The average Bonchev–Trinajstić information content (AvgIpc) is 3.51. The monoisotopic (exact) mass is 511 g/mol. The van der Waals surface area contributed by atoms with Crippen LogP contribution < -0.4 is 10.3 Å². The van der Waals surface area contributed by atoms with Crippen LogP contribution in [0.5, 0.6) is 0 Å². The van der Waals surface area contributed by atoms with Gasteiger partial charge in [-0.05, 0) is 35.2 Å². The summed E-state index contributed by atoms with van der Waals surface area (Å²) in [5.74, 6) is 0.432. The number of para-hydroxylation sites is 1. The number of fused-ring (bicyclic) bond motifs is 2. The van der Waals surface area contributed by atoms with Crippen LogP contribution in [0.3, 0.4) is 0 Å². The van der Waals surface area contributed by atoms with Gasteiger partial charge < -0.3 is 4.42 Å². The van der Waals surface area contributed by atoms with E-state index in [0.717, 1.165) is 22.1 Å². The van der Waals surface area contributed by atoms with E-state index in [1.165, 1.54) is 22.5 Å². The number of anilines is 1. The standard InChI is InChI=1S/C28H21N3O3S2/c1-2-17-12-14-19(15-13-17)23-22-24(32)20-10-6-7-11-21(20)34-25(22)26(33)31(23)27-29-30-28(36-27)35-16-18-8-4-3-5-9-18/h3-15,23H,2,16H2,1H3. The fourth-order valence-electron chi connectivity index (χ4n) is 4.45. The third-order valence-corrected chi connectivity index (χ3v) is 8.42. The first-order valence-electron chi connectivity index (χ1n) is 11.6. The highest BCUT2D eigenvalue weighted by Crippen LogP contribution is 2.43. The Kier molecular flexibility index (Phi) is 5.91. The molecule has 0 fully saturated rings. The van der Waals surface area contributed by atoms with Crippen molar-refractivity contribution < 1.29 is 9.21 Å². The van der Waals surface area contributed by atoms with Crippen molar-refractivity contribution in [3.63, 3.8) is 0 Å². The molecule has 178 valence electrons. The highest BCUT2D eigenvalue weighted by atomic mass is 32.2. The lowest BCUT2D eigenvalue weighted by molar-refractivity contribution is 0.0970. The van der Waals surface area contributed by atoms with E-state index in [-0.39, 0.29) is 17.1 Å². The number of hydrogen-bond acceptors (Lipinski definition) is 7. The molecule has 0 aliphatic carbocycles. The molecule has 0 bridgehead atoms. The van der Waals surface area contributed by atoms with E-state index >= 15 is 0 Å². The first-order valence-corrected chi connectivity index (χ1v) is 13.4. The third kappa shape index (κ3) is 3.92. The number of amides is 1. The lowest BCUT2D eigenvalue weighted by atomic mass is 9.97. The van der Waals surface area contributed by atoms with Gasteiger partial charge in [-0.1, -0.05) is 96.8 Å². The van der Waals surface area contributed by atoms with Gasteiger partial charge in [0.25, 0.3) is 5.91 Å². The molecule has 1 amide bonds. The van der Waals surface area contributed by atoms with Gasteiger partial charge in [-0.15, -0.1) is 10.2 Å². The number of benzene rings is 3. The quantitative estimate of drug-likeness (QED) is 0.198. The predicted molar refractivity (Wildman–Crippen MR) is 143 cm³/mol. The van der Waals surface area contributed by atoms with Crippen LogP contribution in [0.1, 0.15) is 45.8 Å². The van der Waals surface area contributed by atoms with Gasteiger partial charge in [-0.25, -0.2) is 0 Å². The van der Waals surface area contributed by atoms with Crippen LogP contribution in [-0.4, -0.2) is 16.1 Å². The predicted octanol–water partition coefficient (Wildman–Crippen LogP) is 6.25. The summed E-state index contributed by atoms with van der Waals surface area (Å²) in [6.07, 6.45) is 0.898. The van der Waals surface area contributed by atoms with Crippen molar-refractivity contribution in [2.75, 3.05) is 4.90 Å². The molecule has 36 heavy (non-hydrogen) atoms. The first kappa shape index (κ1) is 22.7. The van der Waals surface area contributed by atoms with Crippen LogP contribution in [0.15, 0.2) is 92.4 Å². The Labute approximate surface area is 215 Å². The van der Waals surface area contributed by atoms with Gasteiger partial charge in [0, 0.05) is 5.75 Å². The molecule has 0 spiro atoms. The van der Waals surface area contributed by atoms with Crippen molar-refractivity contribution in [1.29, 1.82) is 0 Å². The smallest absolute Gasteiger partial charge is 0.297 e.